The Morgan fingerprint density at radius 1 is 1.00 bits per heavy atom. The van der Waals surface area contributed by atoms with Gasteiger partial charge in [-0.2, -0.15) is 0 Å². The molecule has 2 aromatic carbocycles. The van der Waals surface area contributed by atoms with Crippen molar-refractivity contribution in [1.82, 2.24) is 4.98 Å². The third-order valence-corrected chi connectivity index (χ3v) is 2.99. The summed E-state index contributed by atoms with van der Waals surface area (Å²) in [5.41, 5.74) is 10.8. The molecule has 19 heavy (non-hydrogen) atoms. The Bertz CT molecular complexity index is 715. The van der Waals surface area contributed by atoms with Crippen molar-refractivity contribution in [2.75, 3.05) is 11.1 Å². The molecule has 3 N–H and O–H groups in total. The van der Waals surface area contributed by atoms with Gasteiger partial charge in [0.15, 0.2) is 0 Å². The van der Waals surface area contributed by atoms with E-state index in [0.717, 1.165) is 33.5 Å². The molecule has 0 amide bonds. The number of nitrogens with one attached hydrogen (secondary N) is 1. The Balaban J connectivity index is 1.96. The molecule has 0 unspecified atom stereocenters. The van der Waals surface area contributed by atoms with Crippen molar-refractivity contribution >= 4 is 28.0 Å². The van der Waals surface area contributed by atoms with Crippen LogP contribution in [0.2, 0.25) is 0 Å². The zero-order chi connectivity index (χ0) is 13.2. The van der Waals surface area contributed by atoms with Gasteiger partial charge in [-0.3, -0.25) is 4.98 Å². The quantitative estimate of drug-likeness (QED) is 0.678. The van der Waals surface area contributed by atoms with Crippen LogP contribution >= 0.6 is 0 Å². The Kier molecular flexibility index (Phi) is 2.80. The van der Waals surface area contributed by atoms with E-state index in [1.165, 1.54) is 0 Å². The van der Waals surface area contributed by atoms with E-state index in [9.17, 15) is 0 Å². The van der Waals surface area contributed by atoms with Crippen LogP contribution in [0, 0.1) is 6.92 Å². The second kappa shape index (κ2) is 4.61. The number of fused-ring (bicyclic) bond motifs is 1. The number of nitrogen functional groups attached to an aromatic ring is 1. The summed E-state index contributed by atoms with van der Waals surface area (Å²) in [6.45, 7) is 2.03. The molecule has 3 rings (SSSR count). The third kappa shape index (κ3) is 2.50. The minimum absolute atomic E-state index is 0.768. The van der Waals surface area contributed by atoms with Crippen LogP contribution in [0.1, 0.15) is 5.56 Å². The first-order valence-corrected chi connectivity index (χ1v) is 6.20. The first-order chi connectivity index (χ1) is 9.20. The highest BCUT2D eigenvalue weighted by Gasteiger charge is 1.99. The van der Waals surface area contributed by atoms with Gasteiger partial charge >= 0.3 is 0 Å². The molecule has 0 radical (unpaired) electrons. The van der Waals surface area contributed by atoms with Gasteiger partial charge in [-0.15, -0.1) is 0 Å². The van der Waals surface area contributed by atoms with E-state index in [1.54, 1.807) is 6.20 Å². The van der Waals surface area contributed by atoms with Gasteiger partial charge in [0.1, 0.15) is 0 Å². The number of hydrogen-bond acceptors (Lipinski definition) is 3. The lowest BCUT2D eigenvalue weighted by Crippen LogP contribution is -1.93. The van der Waals surface area contributed by atoms with Crippen LogP contribution in [0.4, 0.5) is 17.1 Å². The number of anilines is 3. The topological polar surface area (TPSA) is 50.9 Å². The van der Waals surface area contributed by atoms with Crippen LogP contribution in [0.5, 0.6) is 0 Å². The zero-order valence-corrected chi connectivity index (χ0v) is 10.7. The maximum atomic E-state index is 5.85. The molecule has 0 spiro atoms. The normalized spacial score (nSPS) is 10.6. The van der Waals surface area contributed by atoms with Crippen LogP contribution in [0.15, 0.2) is 54.7 Å². The monoisotopic (exact) mass is 249 g/mol. The number of nitrogens with two attached hydrogens (primary N) is 1. The van der Waals surface area contributed by atoms with Gasteiger partial charge in [0.2, 0.25) is 0 Å². The second-order valence-corrected chi connectivity index (χ2v) is 4.67. The predicted molar refractivity (Wildman–Crippen MR) is 80.6 cm³/mol. The fraction of sp³-hybridized carbons (Fsp3) is 0.0625. The van der Waals surface area contributed by atoms with Crippen molar-refractivity contribution in [3.8, 4) is 0 Å². The lowest BCUT2D eigenvalue weighted by molar-refractivity contribution is 1.41. The van der Waals surface area contributed by atoms with E-state index in [1.807, 2.05) is 37.3 Å². The van der Waals surface area contributed by atoms with Gasteiger partial charge < -0.3 is 11.1 Å². The van der Waals surface area contributed by atoms with E-state index >= 15 is 0 Å². The summed E-state index contributed by atoms with van der Waals surface area (Å²) < 4.78 is 0. The number of hydrogen-bond donors (Lipinski definition) is 2. The molecule has 1 heterocycles. The Hall–Kier alpha value is -2.55. The van der Waals surface area contributed by atoms with Crippen LogP contribution in [0.25, 0.3) is 10.9 Å². The molecular formula is C16H15N3. The lowest BCUT2D eigenvalue weighted by Gasteiger charge is -2.09. The van der Waals surface area contributed by atoms with Crippen LogP contribution in [-0.4, -0.2) is 4.98 Å². The van der Waals surface area contributed by atoms with Crippen molar-refractivity contribution in [2.45, 2.75) is 6.92 Å². The van der Waals surface area contributed by atoms with Gasteiger partial charge in [0.05, 0.1) is 5.52 Å². The summed E-state index contributed by atoms with van der Waals surface area (Å²) >= 11 is 0. The smallest absolute Gasteiger partial charge is 0.0703 e. The van der Waals surface area contributed by atoms with E-state index in [0.29, 0.717) is 0 Å². The summed E-state index contributed by atoms with van der Waals surface area (Å²) in [5, 5.41) is 4.49. The van der Waals surface area contributed by atoms with E-state index in [2.05, 4.69) is 28.5 Å². The predicted octanol–water partition coefficient (Wildman–Crippen LogP) is 3.87. The molecular weight excluding hydrogens is 234 g/mol. The zero-order valence-electron chi connectivity index (χ0n) is 10.7. The highest BCUT2D eigenvalue weighted by atomic mass is 14.9. The molecule has 0 atom stereocenters. The first kappa shape index (κ1) is 11.5. The fourth-order valence-electron chi connectivity index (χ4n) is 2.20. The van der Waals surface area contributed by atoms with E-state index < -0.39 is 0 Å². The van der Waals surface area contributed by atoms with Crippen LogP contribution in [-0.2, 0) is 0 Å². The lowest BCUT2D eigenvalue weighted by atomic mass is 10.1. The van der Waals surface area contributed by atoms with Crippen LogP contribution < -0.4 is 11.1 Å². The molecule has 3 aromatic rings. The average molecular weight is 249 g/mol. The molecule has 3 nitrogen and oxygen atoms in total. The SMILES string of the molecule is Cc1cc(N)cc(Nc2ccc3ncccc3c2)c1. The Morgan fingerprint density at radius 3 is 2.74 bits per heavy atom. The molecule has 3 heteroatoms. The number of nitrogens with zero attached hydrogens (tertiary/aromatic N) is 1. The summed E-state index contributed by atoms with van der Waals surface area (Å²) in [6, 6.07) is 16.1. The summed E-state index contributed by atoms with van der Waals surface area (Å²) in [4.78, 5) is 4.31. The number of aryl methyl sites for hydroxylation is 1. The van der Waals surface area contributed by atoms with Crippen molar-refractivity contribution in [1.29, 1.82) is 0 Å². The van der Waals surface area contributed by atoms with Gasteiger partial charge in [-0.1, -0.05) is 6.07 Å². The standard InChI is InChI=1S/C16H15N3/c1-11-7-13(17)10-15(8-11)19-14-4-5-16-12(9-14)3-2-6-18-16/h2-10,19H,17H2,1H3. The Labute approximate surface area is 112 Å². The highest BCUT2D eigenvalue weighted by molar-refractivity contribution is 5.83. The summed E-state index contributed by atoms with van der Waals surface area (Å²) in [6.07, 6.45) is 1.80. The van der Waals surface area contributed by atoms with E-state index in [4.69, 9.17) is 5.73 Å². The molecule has 94 valence electrons. The molecule has 0 saturated heterocycles. The maximum absolute atomic E-state index is 5.85. The number of aromatic nitrogens is 1. The molecule has 0 bridgehead atoms. The summed E-state index contributed by atoms with van der Waals surface area (Å²) in [5.74, 6) is 0. The van der Waals surface area contributed by atoms with E-state index in [-0.39, 0.29) is 0 Å². The molecule has 0 aliphatic heterocycles. The Morgan fingerprint density at radius 2 is 1.89 bits per heavy atom. The summed E-state index contributed by atoms with van der Waals surface area (Å²) in [7, 11) is 0. The number of benzene rings is 2. The highest BCUT2D eigenvalue weighted by Crippen LogP contribution is 2.23. The maximum Gasteiger partial charge on any atom is 0.0703 e. The molecule has 0 aliphatic carbocycles. The largest absolute Gasteiger partial charge is 0.399 e. The molecule has 0 saturated carbocycles. The van der Waals surface area contributed by atoms with Crippen molar-refractivity contribution < 1.29 is 0 Å². The van der Waals surface area contributed by atoms with Gasteiger partial charge in [-0.25, -0.2) is 0 Å². The number of pyridine rings is 1. The van der Waals surface area contributed by atoms with Gasteiger partial charge in [0, 0.05) is 28.6 Å². The van der Waals surface area contributed by atoms with Gasteiger partial charge in [0.25, 0.3) is 0 Å². The third-order valence-electron chi connectivity index (χ3n) is 2.99. The average Bonchev–Trinajstić information content (AvgIpc) is 2.37. The first-order valence-electron chi connectivity index (χ1n) is 6.20. The molecule has 1 aromatic heterocycles. The molecule has 0 aliphatic rings. The minimum atomic E-state index is 0.768. The van der Waals surface area contributed by atoms with Gasteiger partial charge in [-0.05, 0) is 55.0 Å². The second-order valence-electron chi connectivity index (χ2n) is 4.67. The van der Waals surface area contributed by atoms with Crippen molar-refractivity contribution in [3.63, 3.8) is 0 Å². The van der Waals surface area contributed by atoms with Crippen molar-refractivity contribution in [2.24, 2.45) is 0 Å². The fourth-order valence-corrected chi connectivity index (χ4v) is 2.20. The minimum Gasteiger partial charge on any atom is -0.399 e. The number of rotatable bonds is 2. The van der Waals surface area contributed by atoms with Crippen LogP contribution in [0.3, 0.4) is 0 Å². The molecule has 0 fully saturated rings. The van der Waals surface area contributed by atoms with Crippen molar-refractivity contribution in [3.05, 3.63) is 60.3 Å².